The van der Waals surface area contributed by atoms with Gasteiger partial charge in [-0.05, 0) is 70.5 Å². The molecule has 122 valence electrons. The summed E-state index contributed by atoms with van der Waals surface area (Å²) in [5.74, 6) is 0.948. The molecule has 4 nitrogen and oxygen atoms in total. The van der Waals surface area contributed by atoms with Crippen LogP contribution < -0.4 is 10.1 Å². The van der Waals surface area contributed by atoms with E-state index in [1.807, 2.05) is 38.1 Å². The zero-order chi connectivity index (χ0) is 15.9. The van der Waals surface area contributed by atoms with Crippen molar-refractivity contribution in [1.29, 1.82) is 0 Å². The van der Waals surface area contributed by atoms with Gasteiger partial charge >= 0.3 is 0 Å². The number of carbonyl (C=O) groups excluding carboxylic acids is 1. The lowest BCUT2D eigenvalue weighted by molar-refractivity contribution is -0.122. The van der Waals surface area contributed by atoms with Crippen LogP contribution in [0.5, 0.6) is 5.75 Å². The molecular formula is C18H28N2O2. The fraction of sp³-hybridized carbons (Fsp3) is 0.611. The summed E-state index contributed by atoms with van der Waals surface area (Å²) in [6.45, 7) is 8.20. The third kappa shape index (κ3) is 4.73. The molecule has 1 saturated heterocycles. The fourth-order valence-corrected chi connectivity index (χ4v) is 2.96. The van der Waals surface area contributed by atoms with E-state index in [4.69, 9.17) is 4.74 Å². The van der Waals surface area contributed by atoms with Crippen molar-refractivity contribution in [2.24, 2.45) is 0 Å². The number of benzene rings is 1. The molecule has 1 aromatic carbocycles. The maximum Gasteiger partial charge on any atom is 0.241 e. The van der Waals surface area contributed by atoms with Gasteiger partial charge in [0.25, 0.3) is 0 Å². The molecule has 1 aliphatic rings. The van der Waals surface area contributed by atoms with Gasteiger partial charge in [-0.25, -0.2) is 0 Å². The standard InChI is InChI=1S/C18H28N2O2/c1-4-12-20-13-6-5-7-17(20)18(21)19-15-8-10-16(11-9-15)22-14(2)3/h8-11,14,17H,4-7,12-13H2,1-3H3,(H,19,21). The van der Waals surface area contributed by atoms with Crippen LogP contribution in [0.4, 0.5) is 5.69 Å². The lowest BCUT2D eigenvalue weighted by Crippen LogP contribution is -2.47. The summed E-state index contributed by atoms with van der Waals surface area (Å²) in [4.78, 5) is 14.8. The van der Waals surface area contributed by atoms with Gasteiger partial charge in [-0.15, -0.1) is 0 Å². The molecule has 1 heterocycles. The first-order valence-corrected chi connectivity index (χ1v) is 8.41. The lowest BCUT2D eigenvalue weighted by atomic mass is 10.0. The van der Waals surface area contributed by atoms with E-state index in [1.165, 1.54) is 6.42 Å². The maximum atomic E-state index is 12.5. The molecule has 22 heavy (non-hydrogen) atoms. The van der Waals surface area contributed by atoms with Gasteiger partial charge in [-0.3, -0.25) is 9.69 Å². The Morgan fingerprint density at radius 2 is 2.05 bits per heavy atom. The number of nitrogens with zero attached hydrogens (tertiary/aromatic N) is 1. The van der Waals surface area contributed by atoms with E-state index in [9.17, 15) is 4.79 Å². The predicted octanol–water partition coefficient (Wildman–Crippen LogP) is 3.68. The normalized spacial score (nSPS) is 19.2. The van der Waals surface area contributed by atoms with Crippen LogP contribution in [0.3, 0.4) is 0 Å². The molecule has 1 amide bonds. The second-order valence-electron chi connectivity index (χ2n) is 6.23. The minimum absolute atomic E-state index is 0.0142. The van der Waals surface area contributed by atoms with Gasteiger partial charge in [0.1, 0.15) is 5.75 Å². The van der Waals surface area contributed by atoms with Gasteiger partial charge < -0.3 is 10.1 Å². The number of carbonyl (C=O) groups is 1. The van der Waals surface area contributed by atoms with Crippen LogP contribution in [0.25, 0.3) is 0 Å². The minimum atomic E-state index is 0.0142. The fourth-order valence-electron chi connectivity index (χ4n) is 2.96. The predicted molar refractivity (Wildman–Crippen MR) is 90.3 cm³/mol. The molecular weight excluding hydrogens is 276 g/mol. The molecule has 0 bridgehead atoms. The molecule has 0 aliphatic carbocycles. The summed E-state index contributed by atoms with van der Waals surface area (Å²) in [5.41, 5.74) is 0.836. The van der Waals surface area contributed by atoms with Gasteiger partial charge in [-0.1, -0.05) is 13.3 Å². The third-order valence-corrected chi connectivity index (χ3v) is 3.92. The maximum absolute atomic E-state index is 12.5. The van der Waals surface area contributed by atoms with Crippen molar-refractivity contribution in [3.05, 3.63) is 24.3 Å². The minimum Gasteiger partial charge on any atom is -0.491 e. The molecule has 2 rings (SSSR count). The Bertz CT molecular complexity index is 468. The number of amides is 1. The number of anilines is 1. The van der Waals surface area contributed by atoms with Crippen LogP contribution >= 0.6 is 0 Å². The number of hydrogen-bond donors (Lipinski definition) is 1. The summed E-state index contributed by atoms with van der Waals surface area (Å²) < 4.78 is 5.62. The molecule has 0 saturated carbocycles. The number of ether oxygens (including phenoxy) is 1. The SMILES string of the molecule is CCCN1CCCCC1C(=O)Nc1ccc(OC(C)C)cc1. The average molecular weight is 304 g/mol. The molecule has 1 aliphatic heterocycles. The Morgan fingerprint density at radius 1 is 1.32 bits per heavy atom. The Labute approximate surface area is 133 Å². The van der Waals surface area contributed by atoms with Crippen molar-refractivity contribution in [1.82, 2.24) is 4.90 Å². The second-order valence-corrected chi connectivity index (χ2v) is 6.23. The highest BCUT2D eigenvalue weighted by Gasteiger charge is 2.27. The monoisotopic (exact) mass is 304 g/mol. The van der Waals surface area contributed by atoms with E-state index in [1.54, 1.807) is 0 Å². The molecule has 0 spiro atoms. The Balaban J connectivity index is 1.95. The number of nitrogens with one attached hydrogen (secondary N) is 1. The summed E-state index contributed by atoms with van der Waals surface area (Å²) in [6.07, 6.45) is 4.54. The van der Waals surface area contributed by atoms with E-state index in [2.05, 4.69) is 17.1 Å². The van der Waals surface area contributed by atoms with Crippen LogP contribution in [0.15, 0.2) is 24.3 Å². The van der Waals surface area contributed by atoms with Gasteiger partial charge in [0.15, 0.2) is 0 Å². The van der Waals surface area contributed by atoms with E-state index in [0.29, 0.717) is 0 Å². The summed E-state index contributed by atoms with van der Waals surface area (Å²) in [6, 6.07) is 7.63. The van der Waals surface area contributed by atoms with Crippen molar-refractivity contribution in [3.63, 3.8) is 0 Å². The van der Waals surface area contributed by atoms with Crippen molar-refractivity contribution in [2.75, 3.05) is 18.4 Å². The average Bonchev–Trinajstić information content (AvgIpc) is 2.49. The van der Waals surface area contributed by atoms with Crippen molar-refractivity contribution >= 4 is 11.6 Å². The largest absolute Gasteiger partial charge is 0.491 e. The highest BCUT2D eigenvalue weighted by atomic mass is 16.5. The summed E-state index contributed by atoms with van der Waals surface area (Å²) in [5, 5.41) is 3.04. The first-order chi connectivity index (χ1) is 10.6. The summed E-state index contributed by atoms with van der Waals surface area (Å²) >= 11 is 0. The zero-order valence-electron chi connectivity index (χ0n) is 14.0. The number of hydrogen-bond acceptors (Lipinski definition) is 3. The van der Waals surface area contributed by atoms with Gasteiger partial charge in [0.2, 0.25) is 5.91 Å². The van der Waals surface area contributed by atoms with Crippen LogP contribution in [0, 0.1) is 0 Å². The second kappa shape index (κ2) is 8.18. The highest BCUT2D eigenvalue weighted by Crippen LogP contribution is 2.21. The van der Waals surface area contributed by atoms with E-state index < -0.39 is 0 Å². The lowest BCUT2D eigenvalue weighted by Gasteiger charge is -2.34. The quantitative estimate of drug-likeness (QED) is 0.871. The van der Waals surface area contributed by atoms with Crippen molar-refractivity contribution < 1.29 is 9.53 Å². The number of likely N-dealkylation sites (tertiary alicyclic amines) is 1. The van der Waals surface area contributed by atoms with Crippen molar-refractivity contribution in [2.45, 2.75) is 58.6 Å². The van der Waals surface area contributed by atoms with E-state index in [-0.39, 0.29) is 18.1 Å². The summed E-state index contributed by atoms with van der Waals surface area (Å²) in [7, 11) is 0. The molecule has 1 fully saturated rings. The first-order valence-electron chi connectivity index (χ1n) is 8.41. The first kappa shape index (κ1) is 16.8. The molecule has 1 aromatic rings. The van der Waals surface area contributed by atoms with Crippen LogP contribution in [0.1, 0.15) is 46.5 Å². The molecule has 0 radical (unpaired) electrons. The Morgan fingerprint density at radius 3 is 2.68 bits per heavy atom. The molecule has 1 atom stereocenters. The number of rotatable bonds is 6. The number of piperidine rings is 1. The molecule has 0 aromatic heterocycles. The van der Waals surface area contributed by atoms with Gasteiger partial charge in [0.05, 0.1) is 12.1 Å². The van der Waals surface area contributed by atoms with E-state index >= 15 is 0 Å². The van der Waals surface area contributed by atoms with Crippen LogP contribution in [0.2, 0.25) is 0 Å². The van der Waals surface area contributed by atoms with Crippen molar-refractivity contribution in [3.8, 4) is 5.75 Å². The topological polar surface area (TPSA) is 41.6 Å². The molecule has 1 unspecified atom stereocenters. The van der Waals surface area contributed by atoms with E-state index in [0.717, 1.165) is 43.8 Å². The van der Waals surface area contributed by atoms with Crippen LogP contribution in [-0.4, -0.2) is 36.0 Å². The zero-order valence-corrected chi connectivity index (χ0v) is 14.0. The molecule has 4 heteroatoms. The smallest absolute Gasteiger partial charge is 0.241 e. The Kier molecular flexibility index (Phi) is 6.25. The van der Waals surface area contributed by atoms with Crippen LogP contribution in [-0.2, 0) is 4.79 Å². The highest BCUT2D eigenvalue weighted by molar-refractivity contribution is 5.94. The Hall–Kier alpha value is -1.55. The third-order valence-electron chi connectivity index (χ3n) is 3.92. The van der Waals surface area contributed by atoms with Gasteiger partial charge in [-0.2, -0.15) is 0 Å². The van der Waals surface area contributed by atoms with Gasteiger partial charge in [0, 0.05) is 5.69 Å². The molecule has 1 N–H and O–H groups in total.